The molecule has 0 radical (unpaired) electrons. The summed E-state index contributed by atoms with van der Waals surface area (Å²) in [6.07, 6.45) is 2.00. The third-order valence-corrected chi connectivity index (χ3v) is 2.39. The summed E-state index contributed by atoms with van der Waals surface area (Å²) in [6, 6.07) is 9.95. The quantitative estimate of drug-likeness (QED) is 0.820. The molecule has 17 heavy (non-hydrogen) atoms. The Labute approximate surface area is 106 Å². The van der Waals surface area contributed by atoms with Gasteiger partial charge in [-0.3, -0.25) is 0 Å². The van der Waals surface area contributed by atoms with Crippen LogP contribution in [0.4, 0.5) is 0 Å². The Bertz CT molecular complexity index is 428. The summed E-state index contributed by atoms with van der Waals surface area (Å²) in [5, 5.41) is 11.7. The zero-order valence-corrected chi connectivity index (χ0v) is 10.3. The second-order valence-corrected chi connectivity index (χ2v) is 3.59. The third kappa shape index (κ3) is 3.51. The van der Waals surface area contributed by atoms with E-state index in [1.54, 1.807) is 0 Å². The van der Waals surface area contributed by atoms with Crippen LogP contribution in [0.1, 0.15) is 12.8 Å². The van der Waals surface area contributed by atoms with E-state index in [2.05, 4.69) is 15.5 Å². The van der Waals surface area contributed by atoms with Gasteiger partial charge in [-0.15, -0.1) is 17.5 Å². The molecule has 6 heteroatoms. The first-order chi connectivity index (χ1) is 7.92. The SMILES string of the molecule is Cl.NCCCCn1nnnc1-c1ccccc1. The van der Waals surface area contributed by atoms with Crippen LogP contribution in [0.25, 0.3) is 11.4 Å². The predicted molar refractivity (Wildman–Crippen MR) is 68.8 cm³/mol. The Morgan fingerprint density at radius 1 is 1.12 bits per heavy atom. The number of rotatable bonds is 5. The van der Waals surface area contributed by atoms with Crippen LogP contribution >= 0.6 is 12.4 Å². The van der Waals surface area contributed by atoms with E-state index in [-0.39, 0.29) is 12.4 Å². The minimum atomic E-state index is 0. The van der Waals surface area contributed by atoms with Crippen LogP contribution in [0.3, 0.4) is 0 Å². The summed E-state index contributed by atoms with van der Waals surface area (Å²) in [6.45, 7) is 1.53. The van der Waals surface area contributed by atoms with E-state index < -0.39 is 0 Å². The van der Waals surface area contributed by atoms with E-state index in [1.807, 2.05) is 35.0 Å². The van der Waals surface area contributed by atoms with Gasteiger partial charge in [0.25, 0.3) is 0 Å². The molecule has 0 bridgehead atoms. The first-order valence-corrected chi connectivity index (χ1v) is 5.43. The van der Waals surface area contributed by atoms with Crippen molar-refractivity contribution in [3.8, 4) is 11.4 Å². The van der Waals surface area contributed by atoms with Crippen LogP contribution < -0.4 is 5.73 Å². The zero-order valence-electron chi connectivity index (χ0n) is 9.49. The minimum Gasteiger partial charge on any atom is -0.330 e. The van der Waals surface area contributed by atoms with Gasteiger partial charge in [0.2, 0.25) is 0 Å². The molecule has 0 fully saturated rings. The number of nitrogens with two attached hydrogens (primary N) is 1. The highest BCUT2D eigenvalue weighted by molar-refractivity contribution is 5.85. The maximum Gasteiger partial charge on any atom is 0.182 e. The van der Waals surface area contributed by atoms with Gasteiger partial charge in [0.1, 0.15) is 0 Å². The van der Waals surface area contributed by atoms with Crippen molar-refractivity contribution in [1.82, 2.24) is 20.2 Å². The topological polar surface area (TPSA) is 69.6 Å². The second kappa shape index (κ2) is 6.98. The molecule has 0 aliphatic rings. The molecule has 1 heterocycles. The average Bonchev–Trinajstić information content (AvgIpc) is 2.79. The van der Waals surface area contributed by atoms with Crippen molar-refractivity contribution in [2.24, 2.45) is 5.73 Å². The Balaban J connectivity index is 0.00000144. The van der Waals surface area contributed by atoms with Crippen molar-refractivity contribution >= 4 is 12.4 Å². The largest absolute Gasteiger partial charge is 0.330 e. The van der Waals surface area contributed by atoms with Gasteiger partial charge in [-0.25, -0.2) is 4.68 Å². The van der Waals surface area contributed by atoms with Crippen LogP contribution in [-0.4, -0.2) is 26.8 Å². The fourth-order valence-corrected chi connectivity index (χ4v) is 1.56. The second-order valence-electron chi connectivity index (χ2n) is 3.59. The Kier molecular flexibility index (Phi) is 5.59. The van der Waals surface area contributed by atoms with Gasteiger partial charge >= 0.3 is 0 Å². The summed E-state index contributed by atoms with van der Waals surface area (Å²) in [5.74, 6) is 0.817. The monoisotopic (exact) mass is 253 g/mol. The molecule has 0 amide bonds. The lowest BCUT2D eigenvalue weighted by Crippen LogP contribution is -2.06. The maximum absolute atomic E-state index is 5.46. The summed E-state index contributed by atoms with van der Waals surface area (Å²) >= 11 is 0. The normalized spacial score (nSPS) is 9.94. The van der Waals surface area contributed by atoms with Crippen molar-refractivity contribution in [2.45, 2.75) is 19.4 Å². The van der Waals surface area contributed by atoms with E-state index >= 15 is 0 Å². The van der Waals surface area contributed by atoms with Crippen molar-refractivity contribution in [2.75, 3.05) is 6.54 Å². The molecule has 1 aromatic heterocycles. The van der Waals surface area contributed by atoms with Crippen LogP contribution in [0.15, 0.2) is 30.3 Å². The van der Waals surface area contributed by atoms with Gasteiger partial charge < -0.3 is 5.73 Å². The van der Waals surface area contributed by atoms with E-state index in [0.29, 0.717) is 6.54 Å². The number of tetrazole rings is 1. The summed E-state index contributed by atoms with van der Waals surface area (Å²) in [5.41, 5.74) is 6.50. The van der Waals surface area contributed by atoms with Gasteiger partial charge in [0, 0.05) is 12.1 Å². The number of aromatic nitrogens is 4. The summed E-state index contributed by atoms with van der Waals surface area (Å²) < 4.78 is 1.82. The Hall–Kier alpha value is -1.46. The zero-order chi connectivity index (χ0) is 11.2. The molecular formula is C11H16ClN5. The molecule has 1 aromatic carbocycles. The van der Waals surface area contributed by atoms with Gasteiger partial charge in [0.15, 0.2) is 5.82 Å². The summed E-state index contributed by atoms with van der Waals surface area (Å²) in [7, 11) is 0. The van der Waals surface area contributed by atoms with Crippen LogP contribution in [0, 0.1) is 0 Å². The smallest absolute Gasteiger partial charge is 0.182 e. The van der Waals surface area contributed by atoms with Gasteiger partial charge in [0.05, 0.1) is 0 Å². The molecule has 0 unspecified atom stereocenters. The fourth-order valence-electron chi connectivity index (χ4n) is 1.56. The molecular weight excluding hydrogens is 238 g/mol. The van der Waals surface area contributed by atoms with Gasteiger partial charge in [-0.1, -0.05) is 30.3 Å². The minimum absolute atomic E-state index is 0. The first kappa shape index (κ1) is 13.6. The van der Waals surface area contributed by atoms with Gasteiger partial charge in [-0.2, -0.15) is 0 Å². The molecule has 0 aliphatic carbocycles. The fraction of sp³-hybridized carbons (Fsp3) is 0.364. The van der Waals surface area contributed by atoms with Crippen LogP contribution in [0.5, 0.6) is 0 Å². The van der Waals surface area contributed by atoms with Crippen molar-refractivity contribution in [1.29, 1.82) is 0 Å². The van der Waals surface area contributed by atoms with E-state index in [9.17, 15) is 0 Å². The van der Waals surface area contributed by atoms with E-state index in [4.69, 9.17) is 5.73 Å². The first-order valence-electron chi connectivity index (χ1n) is 5.43. The Morgan fingerprint density at radius 2 is 1.88 bits per heavy atom. The van der Waals surface area contributed by atoms with E-state index in [0.717, 1.165) is 30.8 Å². The van der Waals surface area contributed by atoms with Crippen molar-refractivity contribution < 1.29 is 0 Å². The van der Waals surface area contributed by atoms with E-state index in [1.165, 1.54) is 0 Å². The molecule has 0 aliphatic heterocycles. The number of hydrogen-bond acceptors (Lipinski definition) is 4. The third-order valence-electron chi connectivity index (χ3n) is 2.39. The molecule has 92 valence electrons. The molecule has 0 spiro atoms. The molecule has 2 N–H and O–H groups in total. The van der Waals surface area contributed by atoms with Crippen LogP contribution in [0.2, 0.25) is 0 Å². The van der Waals surface area contributed by atoms with Gasteiger partial charge in [-0.05, 0) is 29.8 Å². The number of aryl methyl sites for hydroxylation is 1. The van der Waals surface area contributed by atoms with Crippen LogP contribution in [-0.2, 0) is 6.54 Å². The van der Waals surface area contributed by atoms with Crippen molar-refractivity contribution in [3.63, 3.8) is 0 Å². The summed E-state index contributed by atoms with van der Waals surface area (Å²) in [4.78, 5) is 0. The highest BCUT2D eigenvalue weighted by Gasteiger charge is 2.07. The molecule has 0 saturated carbocycles. The highest BCUT2D eigenvalue weighted by atomic mass is 35.5. The lowest BCUT2D eigenvalue weighted by atomic mass is 10.2. The number of halogens is 1. The number of benzene rings is 1. The predicted octanol–water partition coefficient (Wildman–Crippen LogP) is 1.50. The number of unbranched alkanes of at least 4 members (excludes halogenated alkanes) is 1. The van der Waals surface area contributed by atoms with Crippen molar-refractivity contribution in [3.05, 3.63) is 30.3 Å². The standard InChI is InChI=1S/C11H15N5.ClH/c12-8-4-5-9-16-11(13-14-15-16)10-6-2-1-3-7-10;/h1-3,6-7H,4-5,8-9,12H2;1H. The molecule has 0 saturated heterocycles. The highest BCUT2D eigenvalue weighted by Crippen LogP contribution is 2.14. The number of nitrogens with zero attached hydrogens (tertiary/aromatic N) is 4. The lowest BCUT2D eigenvalue weighted by molar-refractivity contribution is 0.548. The molecule has 2 rings (SSSR count). The number of hydrogen-bond donors (Lipinski definition) is 1. The molecule has 0 atom stereocenters. The maximum atomic E-state index is 5.46. The molecule has 2 aromatic rings. The average molecular weight is 254 g/mol. The molecule has 5 nitrogen and oxygen atoms in total. The Morgan fingerprint density at radius 3 is 2.59 bits per heavy atom. The lowest BCUT2D eigenvalue weighted by Gasteiger charge is -2.03.